The lowest BCUT2D eigenvalue weighted by molar-refractivity contribution is -0.143. The molecule has 1 aromatic carbocycles. The predicted molar refractivity (Wildman–Crippen MR) is 61.6 cm³/mol. The van der Waals surface area contributed by atoms with Crippen molar-refractivity contribution < 1.29 is 33.0 Å². The molecule has 0 bridgehead atoms. The molecule has 0 fully saturated rings. The monoisotopic (exact) mass is 291 g/mol. The molecule has 1 amide bonds. The third-order valence-electron chi connectivity index (χ3n) is 2.53. The van der Waals surface area contributed by atoms with E-state index in [1.807, 2.05) is 5.32 Å². The summed E-state index contributed by atoms with van der Waals surface area (Å²) in [6, 6.07) is 2.15. The number of rotatable bonds is 4. The van der Waals surface area contributed by atoms with E-state index in [1.54, 1.807) is 0 Å². The van der Waals surface area contributed by atoms with Gasteiger partial charge in [0.05, 0.1) is 5.56 Å². The number of benzene rings is 1. The molecular formula is C12H12F3NO4. The van der Waals surface area contributed by atoms with E-state index in [4.69, 9.17) is 5.11 Å². The van der Waals surface area contributed by atoms with Gasteiger partial charge in [0.15, 0.2) is 6.10 Å². The predicted octanol–water partition coefficient (Wildman–Crippen LogP) is 1.33. The van der Waals surface area contributed by atoms with Crippen molar-refractivity contribution in [3.05, 3.63) is 35.4 Å². The van der Waals surface area contributed by atoms with Gasteiger partial charge in [-0.2, -0.15) is 13.2 Å². The summed E-state index contributed by atoms with van der Waals surface area (Å²) in [4.78, 5) is 22.0. The summed E-state index contributed by atoms with van der Waals surface area (Å²) < 4.78 is 37.0. The van der Waals surface area contributed by atoms with Crippen molar-refractivity contribution in [1.29, 1.82) is 0 Å². The zero-order valence-corrected chi connectivity index (χ0v) is 10.3. The molecule has 1 rings (SSSR count). The number of aliphatic carboxylic acids is 1. The van der Waals surface area contributed by atoms with Crippen LogP contribution in [0.4, 0.5) is 13.2 Å². The van der Waals surface area contributed by atoms with Gasteiger partial charge in [-0.05, 0) is 24.6 Å². The van der Waals surface area contributed by atoms with Crippen LogP contribution in [0.5, 0.6) is 0 Å². The van der Waals surface area contributed by atoms with Gasteiger partial charge >= 0.3 is 12.1 Å². The molecule has 0 aliphatic carbocycles. The van der Waals surface area contributed by atoms with Gasteiger partial charge in [0, 0.05) is 0 Å². The van der Waals surface area contributed by atoms with Crippen molar-refractivity contribution in [3.63, 3.8) is 0 Å². The highest BCUT2D eigenvalue weighted by Gasteiger charge is 2.30. The number of carboxylic acid groups (broad SMARTS) is 1. The maximum atomic E-state index is 12.3. The molecule has 0 spiro atoms. The molecule has 8 heteroatoms. The van der Waals surface area contributed by atoms with Crippen molar-refractivity contribution in [2.75, 3.05) is 0 Å². The molecule has 2 atom stereocenters. The van der Waals surface area contributed by atoms with Gasteiger partial charge in [-0.3, -0.25) is 9.59 Å². The molecule has 0 aromatic heterocycles. The fourth-order valence-electron chi connectivity index (χ4n) is 1.36. The van der Waals surface area contributed by atoms with Gasteiger partial charge in [-0.25, -0.2) is 0 Å². The highest BCUT2D eigenvalue weighted by atomic mass is 19.4. The first-order chi connectivity index (χ1) is 9.12. The Kier molecular flexibility index (Phi) is 4.72. The summed E-state index contributed by atoms with van der Waals surface area (Å²) in [5.74, 6) is -2.29. The topological polar surface area (TPSA) is 86.6 Å². The van der Waals surface area contributed by atoms with E-state index >= 15 is 0 Å². The van der Waals surface area contributed by atoms with Gasteiger partial charge in [0.25, 0.3) is 5.91 Å². The van der Waals surface area contributed by atoms with Gasteiger partial charge < -0.3 is 15.5 Å². The first kappa shape index (κ1) is 16.0. The maximum Gasteiger partial charge on any atom is 0.416 e. The Morgan fingerprint density at radius 1 is 1.20 bits per heavy atom. The number of amides is 1. The largest absolute Gasteiger partial charge is 0.480 e. The van der Waals surface area contributed by atoms with Gasteiger partial charge in [-0.15, -0.1) is 0 Å². The number of alkyl halides is 3. The zero-order valence-electron chi connectivity index (χ0n) is 10.3. The summed E-state index contributed by atoms with van der Waals surface area (Å²) in [6.45, 7) is 1.19. The molecule has 110 valence electrons. The molecular weight excluding hydrogens is 279 g/mol. The van der Waals surface area contributed by atoms with E-state index in [9.17, 15) is 27.9 Å². The first-order valence-electron chi connectivity index (χ1n) is 5.51. The molecule has 3 N–H and O–H groups in total. The van der Waals surface area contributed by atoms with E-state index < -0.39 is 35.8 Å². The van der Waals surface area contributed by atoms with E-state index in [0.29, 0.717) is 0 Å². The SMILES string of the molecule is C[C@@H](NC(=O)[C@H](O)c1ccc(C(F)(F)F)cc1)C(=O)O. The Labute approximate surface area is 112 Å². The maximum absolute atomic E-state index is 12.3. The summed E-state index contributed by atoms with van der Waals surface area (Å²) in [5, 5.41) is 20.2. The van der Waals surface area contributed by atoms with Crippen LogP contribution in [0, 0.1) is 0 Å². The minimum atomic E-state index is -4.51. The van der Waals surface area contributed by atoms with Crippen LogP contribution in [0.15, 0.2) is 24.3 Å². The summed E-state index contributed by atoms with van der Waals surface area (Å²) >= 11 is 0. The molecule has 0 saturated carbocycles. The van der Waals surface area contributed by atoms with Crippen LogP contribution >= 0.6 is 0 Å². The van der Waals surface area contributed by atoms with Crippen LogP contribution in [0.1, 0.15) is 24.2 Å². The average Bonchev–Trinajstić information content (AvgIpc) is 2.36. The molecule has 0 aliphatic heterocycles. The Balaban J connectivity index is 2.80. The number of aliphatic hydroxyl groups is 1. The highest BCUT2D eigenvalue weighted by molar-refractivity contribution is 5.86. The number of aliphatic hydroxyl groups excluding tert-OH is 1. The molecule has 0 heterocycles. The lowest BCUT2D eigenvalue weighted by Gasteiger charge is -2.15. The van der Waals surface area contributed by atoms with Crippen molar-refractivity contribution in [2.45, 2.75) is 25.2 Å². The lowest BCUT2D eigenvalue weighted by atomic mass is 10.1. The Morgan fingerprint density at radius 2 is 1.70 bits per heavy atom. The molecule has 20 heavy (non-hydrogen) atoms. The number of hydrogen-bond donors (Lipinski definition) is 3. The van der Waals surface area contributed by atoms with Crippen LogP contribution in [-0.2, 0) is 15.8 Å². The Bertz CT molecular complexity index is 498. The van der Waals surface area contributed by atoms with Crippen molar-refractivity contribution in [3.8, 4) is 0 Å². The Hall–Kier alpha value is -2.09. The van der Waals surface area contributed by atoms with Gasteiger partial charge in [0.1, 0.15) is 6.04 Å². The lowest BCUT2D eigenvalue weighted by Crippen LogP contribution is -2.41. The van der Waals surface area contributed by atoms with Crippen LogP contribution < -0.4 is 5.32 Å². The second-order valence-electron chi connectivity index (χ2n) is 4.09. The number of carbonyl (C=O) groups excluding carboxylic acids is 1. The highest BCUT2D eigenvalue weighted by Crippen LogP contribution is 2.29. The van der Waals surface area contributed by atoms with E-state index in [0.717, 1.165) is 24.3 Å². The van der Waals surface area contributed by atoms with Crippen LogP contribution in [-0.4, -0.2) is 28.1 Å². The second-order valence-corrected chi connectivity index (χ2v) is 4.09. The number of carbonyl (C=O) groups is 2. The zero-order chi connectivity index (χ0) is 15.5. The van der Waals surface area contributed by atoms with Crippen LogP contribution in [0.25, 0.3) is 0 Å². The second kappa shape index (κ2) is 5.91. The third-order valence-corrected chi connectivity index (χ3v) is 2.53. The van der Waals surface area contributed by atoms with Crippen LogP contribution in [0.2, 0.25) is 0 Å². The van der Waals surface area contributed by atoms with E-state index in [-0.39, 0.29) is 5.56 Å². The number of hydrogen-bond acceptors (Lipinski definition) is 3. The molecule has 5 nitrogen and oxygen atoms in total. The van der Waals surface area contributed by atoms with E-state index in [1.165, 1.54) is 6.92 Å². The van der Waals surface area contributed by atoms with Gasteiger partial charge in [-0.1, -0.05) is 12.1 Å². The standard InChI is InChI=1S/C12H12F3NO4/c1-6(11(19)20)16-10(18)9(17)7-2-4-8(5-3-7)12(13,14)15/h2-6,9,17H,1H3,(H,16,18)(H,19,20)/t6-,9-/m1/s1. The van der Waals surface area contributed by atoms with Crippen molar-refractivity contribution >= 4 is 11.9 Å². The fraction of sp³-hybridized carbons (Fsp3) is 0.333. The summed E-state index contributed by atoms with van der Waals surface area (Å²) in [7, 11) is 0. The molecule has 0 unspecified atom stereocenters. The fourth-order valence-corrected chi connectivity index (χ4v) is 1.36. The first-order valence-corrected chi connectivity index (χ1v) is 5.51. The number of carboxylic acids is 1. The van der Waals surface area contributed by atoms with Crippen LogP contribution in [0.3, 0.4) is 0 Å². The Morgan fingerprint density at radius 3 is 2.10 bits per heavy atom. The third kappa shape index (κ3) is 3.95. The summed E-state index contributed by atoms with van der Waals surface area (Å²) in [6.07, 6.45) is -6.25. The summed E-state index contributed by atoms with van der Waals surface area (Å²) in [5.41, 5.74) is -0.971. The normalized spacial score (nSPS) is 14.4. The van der Waals surface area contributed by atoms with E-state index in [2.05, 4.69) is 0 Å². The quantitative estimate of drug-likeness (QED) is 0.781. The van der Waals surface area contributed by atoms with Crippen molar-refractivity contribution in [2.24, 2.45) is 0 Å². The van der Waals surface area contributed by atoms with Gasteiger partial charge in [0.2, 0.25) is 0 Å². The minimum Gasteiger partial charge on any atom is -0.480 e. The average molecular weight is 291 g/mol. The molecule has 0 radical (unpaired) electrons. The number of nitrogens with one attached hydrogen (secondary N) is 1. The molecule has 0 aliphatic rings. The minimum absolute atomic E-state index is 0.0620. The smallest absolute Gasteiger partial charge is 0.416 e. The van der Waals surface area contributed by atoms with Crippen molar-refractivity contribution in [1.82, 2.24) is 5.32 Å². The number of halogens is 3. The molecule has 1 aromatic rings. The molecule has 0 saturated heterocycles.